The first-order chi connectivity index (χ1) is 9.28. The minimum atomic E-state index is 0.917. The van der Waals surface area contributed by atoms with E-state index in [2.05, 4.69) is 43.3 Å². The van der Waals surface area contributed by atoms with E-state index in [9.17, 15) is 0 Å². The molecule has 0 atom stereocenters. The average molecular weight is 250 g/mol. The van der Waals surface area contributed by atoms with Crippen molar-refractivity contribution in [1.29, 1.82) is 0 Å². The van der Waals surface area contributed by atoms with E-state index >= 15 is 0 Å². The molecule has 0 aromatic heterocycles. The fourth-order valence-electron chi connectivity index (χ4n) is 2.56. The Morgan fingerprint density at radius 1 is 0.737 bits per heavy atom. The SMILES string of the molecule is COc1ccc(C2=C(c3ccc(C)cc3)CC2)cc1. The molecule has 0 radical (unpaired) electrons. The van der Waals surface area contributed by atoms with Crippen molar-refractivity contribution in [1.82, 2.24) is 0 Å². The first-order valence-electron chi connectivity index (χ1n) is 6.71. The predicted molar refractivity (Wildman–Crippen MR) is 80.2 cm³/mol. The van der Waals surface area contributed by atoms with Gasteiger partial charge in [0.25, 0.3) is 0 Å². The lowest BCUT2D eigenvalue weighted by Crippen LogP contribution is -2.02. The highest BCUT2D eigenvalue weighted by Crippen LogP contribution is 2.42. The Morgan fingerprint density at radius 2 is 1.21 bits per heavy atom. The minimum Gasteiger partial charge on any atom is -0.497 e. The normalized spacial score (nSPS) is 14.2. The molecule has 0 spiro atoms. The quantitative estimate of drug-likeness (QED) is 0.766. The zero-order chi connectivity index (χ0) is 13.2. The monoisotopic (exact) mass is 250 g/mol. The molecule has 1 nitrogen and oxygen atoms in total. The molecular weight excluding hydrogens is 232 g/mol. The standard InChI is InChI=1S/C18H18O/c1-13-3-5-14(6-4-13)17-11-12-18(17)15-7-9-16(19-2)10-8-15/h3-10H,11-12H2,1-2H3. The maximum absolute atomic E-state index is 5.21. The summed E-state index contributed by atoms with van der Waals surface area (Å²) in [5.74, 6) is 0.917. The third-order valence-corrected chi connectivity index (χ3v) is 3.83. The van der Waals surface area contributed by atoms with Gasteiger partial charge in [0.05, 0.1) is 7.11 Å². The highest BCUT2D eigenvalue weighted by molar-refractivity contribution is 5.96. The topological polar surface area (TPSA) is 9.23 Å². The van der Waals surface area contributed by atoms with E-state index < -0.39 is 0 Å². The van der Waals surface area contributed by atoms with Crippen LogP contribution in [0.1, 0.15) is 29.5 Å². The molecule has 1 aliphatic rings. The van der Waals surface area contributed by atoms with Crippen molar-refractivity contribution in [2.45, 2.75) is 19.8 Å². The number of hydrogen-bond donors (Lipinski definition) is 0. The first kappa shape index (κ1) is 12.0. The molecule has 2 aromatic rings. The van der Waals surface area contributed by atoms with Crippen molar-refractivity contribution < 1.29 is 4.74 Å². The zero-order valence-corrected chi connectivity index (χ0v) is 11.4. The Hall–Kier alpha value is -2.02. The van der Waals surface area contributed by atoms with Gasteiger partial charge in [0.1, 0.15) is 5.75 Å². The molecule has 0 fully saturated rings. The second kappa shape index (κ2) is 4.93. The van der Waals surface area contributed by atoms with Crippen molar-refractivity contribution in [2.24, 2.45) is 0 Å². The van der Waals surface area contributed by atoms with Gasteiger partial charge in [-0.1, -0.05) is 42.0 Å². The van der Waals surface area contributed by atoms with Gasteiger partial charge < -0.3 is 4.74 Å². The highest BCUT2D eigenvalue weighted by Gasteiger charge is 2.19. The van der Waals surface area contributed by atoms with Crippen LogP contribution in [0, 0.1) is 6.92 Å². The van der Waals surface area contributed by atoms with Gasteiger partial charge in [-0.05, 0) is 54.2 Å². The van der Waals surface area contributed by atoms with Crippen LogP contribution in [0.25, 0.3) is 11.1 Å². The Morgan fingerprint density at radius 3 is 1.63 bits per heavy atom. The molecule has 96 valence electrons. The fraction of sp³-hybridized carbons (Fsp3) is 0.222. The van der Waals surface area contributed by atoms with Gasteiger partial charge in [-0.3, -0.25) is 0 Å². The molecule has 0 saturated heterocycles. The average Bonchev–Trinajstić information content (AvgIpc) is 2.41. The number of allylic oxidation sites excluding steroid dienone is 2. The van der Waals surface area contributed by atoms with Crippen LogP contribution in [0.4, 0.5) is 0 Å². The molecule has 0 saturated carbocycles. The fourth-order valence-corrected chi connectivity index (χ4v) is 2.56. The molecular formula is C18H18O. The number of rotatable bonds is 3. The molecule has 0 unspecified atom stereocenters. The smallest absolute Gasteiger partial charge is 0.118 e. The van der Waals surface area contributed by atoms with Crippen LogP contribution in [0.5, 0.6) is 5.75 Å². The Labute approximate surface area is 114 Å². The Kier molecular flexibility index (Phi) is 3.12. The lowest BCUT2D eigenvalue weighted by Gasteiger charge is -2.25. The molecule has 0 bridgehead atoms. The third-order valence-electron chi connectivity index (χ3n) is 3.83. The van der Waals surface area contributed by atoms with Crippen molar-refractivity contribution in [3.63, 3.8) is 0 Å². The van der Waals surface area contributed by atoms with Crippen LogP contribution in [-0.2, 0) is 0 Å². The zero-order valence-electron chi connectivity index (χ0n) is 11.4. The maximum atomic E-state index is 5.21. The van der Waals surface area contributed by atoms with Crippen molar-refractivity contribution in [3.05, 3.63) is 65.2 Å². The summed E-state index contributed by atoms with van der Waals surface area (Å²) in [6, 6.07) is 17.2. The lowest BCUT2D eigenvalue weighted by molar-refractivity contribution is 0.415. The summed E-state index contributed by atoms with van der Waals surface area (Å²) in [5, 5.41) is 0. The van der Waals surface area contributed by atoms with Gasteiger partial charge in [-0.25, -0.2) is 0 Å². The highest BCUT2D eigenvalue weighted by atomic mass is 16.5. The van der Waals surface area contributed by atoms with E-state index in [0.717, 1.165) is 5.75 Å². The summed E-state index contributed by atoms with van der Waals surface area (Å²) in [6.45, 7) is 2.13. The van der Waals surface area contributed by atoms with Crippen LogP contribution in [0.3, 0.4) is 0 Å². The van der Waals surface area contributed by atoms with Crippen LogP contribution < -0.4 is 4.74 Å². The molecule has 2 aromatic carbocycles. The van der Waals surface area contributed by atoms with Gasteiger partial charge in [0.2, 0.25) is 0 Å². The van der Waals surface area contributed by atoms with Crippen molar-refractivity contribution in [2.75, 3.05) is 7.11 Å². The maximum Gasteiger partial charge on any atom is 0.118 e. The van der Waals surface area contributed by atoms with E-state index in [1.54, 1.807) is 7.11 Å². The second-order valence-electron chi connectivity index (χ2n) is 5.05. The summed E-state index contributed by atoms with van der Waals surface area (Å²) in [4.78, 5) is 0. The molecule has 1 heteroatoms. The summed E-state index contributed by atoms with van der Waals surface area (Å²) in [7, 11) is 1.70. The third kappa shape index (κ3) is 2.28. The number of benzene rings is 2. The van der Waals surface area contributed by atoms with Gasteiger partial charge in [0.15, 0.2) is 0 Å². The predicted octanol–water partition coefficient (Wildman–Crippen LogP) is 4.71. The van der Waals surface area contributed by atoms with Gasteiger partial charge in [-0.15, -0.1) is 0 Å². The molecule has 0 amide bonds. The first-order valence-corrected chi connectivity index (χ1v) is 6.71. The number of aryl methyl sites for hydroxylation is 1. The van der Waals surface area contributed by atoms with Crippen LogP contribution in [0.15, 0.2) is 48.5 Å². The van der Waals surface area contributed by atoms with E-state index in [1.807, 2.05) is 12.1 Å². The molecule has 3 rings (SSSR count). The molecule has 0 N–H and O–H groups in total. The number of methoxy groups -OCH3 is 1. The van der Waals surface area contributed by atoms with Gasteiger partial charge in [-0.2, -0.15) is 0 Å². The lowest BCUT2D eigenvalue weighted by atomic mass is 9.80. The minimum absolute atomic E-state index is 0.917. The van der Waals surface area contributed by atoms with Crippen LogP contribution in [-0.4, -0.2) is 7.11 Å². The van der Waals surface area contributed by atoms with E-state index in [4.69, 9.17) is 4.74 Å². The summed E-state index contributed by atoms with van der Waals surface area (Å²) < 4.78 is 5.21. The van der Waals surface area contributed by atoms with E-state index in [-0.39, 0.29) is 0 Å². The molecule has 1 aliphatic carbocycles. The van der Waals surface area contributed by atoms with E-state index in [1.165, 1.54) is 40.7 Å². The molecule has 0 heterocycles. The number of ether oxygens (including phenoxy) is 1. The Balaban J connectivity index is 1.95. The summed E-state index contributed by atoms with van der Waals surface area (Å²) >= 11 is 0. The van der Waals surface area contributed by atoms with Crippen molar-refractivity contribution in [3.8, 4) is 5.75 Å². The summed E-state index contributed by atoms with van der Waals surface area (Å²) in [6.07, 6.45) is 2.36. The van der Waals surface area contributed by atoms with Gasteiger partial charge >= 0.3 is 0 Å². The van der Waals surface area contributed by atoms with Crippen molar-refractivity contribution >= 4 is 11.1 Å². The van der Waals surface area contributed by atoms with Crippen LogP contribution >= 0.6 is 0 Å². The largest absolute Gasteiger partial charge is 0.497 e. The molecule has 19 heavy (non-hydrogen) atoms. The molecule has 0 aliphatic heterocycles. The van der Waals surface area contributed by atoms with Crippen LogP contribution in [0.2, 0.25) is 0 Å². The van der Waals surface area contributed by atoms with E-state index in [0.29, 0.717) is 0 Å². The number of hydrogen-bond acceptors (Lipinski definition) is 1. The summed E-state index contributed by atoms with van der Waals surface area (Å²) in [5.41, 5.74) is 6.97. The Bertz CT molecular complexity index is 603. The second-order valence-corrected chi connectivity index (χ2v) is 5.05. The van der Waals surface area contributed by atoms with Gasteiger partial charge in [0, 0.05) is 0 Å².